The van der Waals surface area contributed by atoms with Crippen LogP contribution in [0.2, 0.25) is 0 Å². The average Bonchev–Trinajstić information content (AvgIpc) is 2.33. The van der Waals surface area contributed by atoms with Crippen molar-refractivity contribution >= 4 is 5.97 Å². The van der Waals surface area contributed by atoms with E-state index in [1.165, 1.54) is 44.9 Å². The van der Waals surface area contributed by atoms with Gasteiger partial charge in [-0.25, -0.2) is 0 Å². The molecule has 104 valence electrons. The van der Waals surface area contributed by atoms with Crippen LogP contribution in [0, 0.1) is 5.92 Å². The van der Waals surface area contributed by atoms with Gasteiger partial charge >= 0.3 is 5.97 Å². The summed E-state index contributed by atoms with van der Waals surface area (Å²) in [4.78, 5) is 10.5. The van der Waals surface area contributed by atoms with Gasteiger partial charge in [0.1, 0.15) is 0 Å². The van der Waals surface area contributed by atoms with Crippen LogP contribution in [-0.4, -0.2) is 11.1 Å². The number of unbranched alkanes of at least 4 members (excludes halogenated alkanes) is 6. The summed E-state index contributed by atoms with van der Waals surface area (Å²) in [6, 6.07) is 0. The van der Waals surface area contributed by atoms with Crippen LogP contribution in [0.25, 0.3) is 0 Å². The lowest BCUT2D eigenvalue weighted by Crippen LogP contribution is -2.08. The van der Waals surface area contributed by atoms with Crippen molar-refractivity contribution in [2.75, 3.05) is 0 Å². The second-order valence-electron chi connectivity index (χ2n) is 4.80. The molecule has 0 fully saturated rings. The van der Waals surface area contributed by atoms with Crippen LogP contribution in [0.1, 0.15) is 85.5 Å². The first-order chi connectivity index (χ1) is 8.09. The van der Waals surface area contributed by atoms with E-state index in [2.05, 4.69) is 20.8 Å². The summed E-state index contributed by atoms with van der Waals surface area (Å²) in [5, 5.41) is 8.62. The van der Waals surface area contributed by atoms with E-state index in [4.69, 9.17) is 5.11 Å². The normalized spacial score (nSPS) is 11.5. The Morgan fingerprint density at radius 3 is 1.76 bits per heavy atom. The van der Waals surface area contributed by atoms with Gasteiger partial charge in [-0.15, -0.1) is 0 Å². The first-order valence-electron chi connectivity index (χ1n) is 7.32. The van der Waals surface area contributed by atoms with Crippen molar-refractivity contribution < 1.29 is 9.90 Å². The Hall–Kier alpha value is -0.530. The van der Waals surface area contributed by atoms with E-state index in [1.54, 1.807) is 6.92 Å². The number of hydrogen-bond donors (Lipinski definition) is 1. The molecule has 2 heteroatoms. The Kier molecular flexibility index (Phi) is 17.1. The minimum absolute atomic E-state index is 0.161. The predicted octanol–water partition coefficient (Wildman–Crippen LogP) is 5.26. The molecule has 0 aromatic rings. The van der Waals surface area contributed by atoms with E-state index in [1.807, 2.05) is 0 Å². The molecule has 0 amide bonds. The van der Waals surface area contributed by atoms with Gasteiger partial charge in [-0.2, -0.15) is 0 Å². The topological polar surface area (TPSA) is 37.3 Å². The van der Waals surface area contributed by atoms with Gasteiger partial charge in [-0.05, 0) is 6.42 Å². The molecule has 1 N–H and O–H groups in total. The molecule has 0 bridgehead atoms. The molecule has 0 spiro atoms. The molecular formula is C15H32O2. The Labute approximate surface area is 108 Å². The molecule has 0 heterocycles. The van der Waals surface area contributed by atoms with Gasteiger partial charge in [-0.1, -0.05) is 79.1 Å². The van der Waals surface area contributed by atoms with E-state index in [9.17, 15) is 4.79 Å². The van der Waals surface area contributed by atoms with Crippen molar-refractivity contribution in [3.05, 3.63) is 0 Å². The molecule has 2 nitrogen and oxygen atoms in total. The van der Waals surface area contributed by atoms with Crippen molar-refractivity contribution in [2.45, 2.75) is 85.5 Å². The quantitative estimate of drug-likeness (QED) is 0.561. The van der Waals surface area contributed by atoms with Crippen LogP contribution in [0.15, 0.2) is 0 Å². The summed E-state index contributed by atoms with van der Waals surface area (Å²) in [6.07, 6.45) is 10.9. The fraction of sp³-hybridized carbons (Fsp3) is 0.933. The Morgan fingerprint density at radius 1 is 0.882 bits per heavy atom. The van der Waals surface area contributed by atoms with Crippen molar-refractivity contribution in [3.63, 3.8) is 0 Å². The van der Waals surface area contributed by atoms with Crippen molar-refractivity contribution in [2.24, 2.45) is 5.92 Å². The molecule has 0 aromatic carbocycles. The highest BCUT2D eigenvalue weighted by Gasteiger charge is 2.08. The average molecular weight is 244 g/mol. The number of aliphatic carboxylic acids is 1. The van der Waals surface area contributed by atoms with Crippen LogP contribution >= 0.6 is 0 Å². The largest absolute Gasteiger partial charge is 0.481 e. The molecule has 0 saturated heterocycles. The van der Waals surface area contributed by atoms with Gasteiger partial charge in [0.15, 0.2) is 0 Å². The third kappa shape index (κ3) is 18.1. The molecule has 1 atom stereocenters. The van der Waals surface area contributed by atoms with Gasteiger partial charge in [0.25, 0.3) is 0 Å². The van der Waals surface area contributed by atoms with Crippen molar-refractivity contribution in [1.29, 1.82) is 0 Å². The first kappa shape index (κ1) is 18.8. The molecule has 0 radical (unpaired) electrons. The van der Waals surface area contributed by atoms with Gasteiger partial charge in [-0.3, -0.25) is 4.79 Å². The van der Waals surface area contributed by atoms with E-state index in [-0.39, 0.29) is 5.92 Å². The fourth-order valence-electron chi connectivity index (χ4n) is 1.35. The van der Waals surface area contributed by atoms with Crippen LogP contribution in [0.5, 0.6) is 0 Å². The molecule has 0 rings (SSSR count). The molecular weight excluding hydrogens is 212 g/mol. The number of carbonyl (C=O) groups is 1. The lowest BCUT2D eigenvalue weighted by Gasteiger charge is -2.04. The smallest absolute Gasteiger partial charge is 0.306 e. The molecule has 0 saturated carbocycles. The zero-order chi connectivity index (χ0) is 13.5. The Bertz CT molecular complexity index is 153. The zero-order valence-electron chi connectivity index (χ0n) is 12.3. The summed E-state index contributed by atoms with van der Waals surface area (Å²) in [5.41, 5.74) is 0. The van der Waals surface area contributed by atoms with Crippen LogP contribution in [0.3, 0.4) is 0 Å². The highest BCUT2D eigenvalue weighted by atomic mass is 16.4. The summed E-state index contributed by atoms with van der Waals surface area (Å²) in [5.74, 6) is -0.820. The number of hydrogen-bond acceptors (Lipinski definition) is 1. The van der Waals surface area contributed by atoms with E-state index in [0.717, 1.165) is 12.8 Å². The third-order valence-corrected chi connectivity index (χ3v) is 2.91. The number of rotatable bonds is 9. The lowest BCUT2D eigenvalue weighted by atomic mass is 10.0. The van der Waals surface area contributed by atoms with Crippen LogP contribution in [-0.2, 0) is 4.79 Å². The van der Waals surface area contributed by atoms with E-state index < -0.39 is 5.97 Å². The lowest BCUT2D eigenvalue weighted by molar-refractivity contribution is -0.141. The summed E-state index contributed by atoms with van der Waals surface area (Å²) in [6.45, 7) is 8.35. The molecule has 17 heavy (non-hydrogen) atoms. The van der Waals surface area contributed by atoms with E-state index >= 15 is 0 Å². The SMILES string of the molecule is CCCC.CCCCCCCCC(C)C(=O)O. The number of carboxylic acids is 1. The molecule has 0 aliphatic carbocycles. The van der Waals surface area contributed by atoms with Crippen molar-refractivity contribution in [3.8, 4) is 0 Å². The zero-order valence-corrected chi connectivity index (χ0v) is 12.3. The maximum absolute atomic E-state index is 10.5. The van der Waals surface area contributed by atoms with Gasteiger partial charge in [0, 0.05) is 0 Å². The Balaban J connectivity index is 0. The summed E-state index contributed by atoms with van der Waals surface area (Å²) < 4.78 is 0. The second-order valence-corrected chi connectivity index (χ2v) is 4.80. The van der Waals surface area contributed by atoms with Gasteiger partial charge in [0.2, 0.25) is 0 Å². The fourth-order valence-corrected chi connectivity index (χ4v) is 1.35. The van der Waals surface area contributed by atoms with Crippen molar-refractivity contribution in [1.82, 2.24) is 0 Å². The molecule has 1 unspecified atom stereocenters. The standard InChI is InChI=1S/C11H22O2.C4H10/c1-3-4-5-6-7-8-9-10(2)11(12)13;1-3-4-2/h10H,3-9H2,1-2H3,(H,12,13);3-4H2,1-2H3. The first-order valence-corrected chi connectivity index (χ1v) is 7.32. The second kappa shape index (κ2) is 15.5. The minimum Gasteiger partial charge on any atom is -0.481 e. The van der Waals surface area contributed by atoms with Crippen LogP contribution < -0.4 is 0 Å². The Morgan fingerprint density at radius 2 is 1.35 bits per heavy atom. The highest BCUT2D eigenvalue weighted by Crippen LogP contribution is 2.11. The highest BCUT2D eigenvalue weighted by molar-refractivity contribution is 5.69. The van der Waals surface area contributed by atoms with E-state index in [0.29, 0.717) is 0 Å². The maximum atomic E-state index is 10.5. The maximum Gasteiger partial charge on any atom is 0.306 e. The third-order valence-electron chi connectivity index (χ3n) is 2.91. The number of carboxylic acid groups (broad SMARTS) is 1. The van der Waals surface area contributed by atoms with Gasteiger partial charge < -0.3 is 5.11 Å². The molecule has 0 aliphatic rings. The summed E-state index contributed by atoms with van der Waals surface area (Å²) >= 11 is 0. The van der Waals surface area contributed by atoms with Crippen LogP contribution in [0.4, 0.5) is 0 Å². The predicted molar refractivity (Wildman–Crippen MR) is 75.4 cm³/mol. The summed E-state index contributed by atoms with van der Waals surface area (Å²) in [7, 11) is 0. The van der Waals surface area contributed by atoms with Gasteiger partial charge in [0.05, 0.1) is 5.92 Å². The monoisotopic (exact) mass is 244 g/mol. The minimum atomic E-state index is -0.659. The molecule has 0 aromatic heterocycles. The molecule has 0 aliphatic heterocycles.